The molecule has 0 saturated heterocycles. The number of methoxy groups -OCH3 is 1. The van der Waals surface area contributed by atoms with E-state index in [2.05, 4.69) is 4.74 Å². The lowest BCUT2D eigenvalue weighted by Gasteiger charge is -2.14. The average molecular weight is 312 g/mol. The number of hydrogen-bond acceptors (Lipinski definition) is 6. The highest BCUT2D eigenvalue weighted by atomic mass is 32.2. The van der Waals surface area contributed by atoms with Crippen LogP contribution in [0.2, 0.25) is 0 Å². The standard InChI is InChI=1S/C10H14F2N2O5S/c1-6-8(3-7(19-6)9(15)18-2)20(16,17)14-5-10(11,12)4-13/h3,14H,4-5,13H2,1-2H3. The Labute approximate surface area is 114 Å². The minimum absolute atomic E-state index is 0.117. The maximum absolute atomic E-state index is 12.9. The molecule has 114 valence electrons. The van der Waals surface area contributed by atoms with Crippen LogP contribution in [0.15, 0.2) is 15.4 Å². The Morgan fingerprint density at radius 2 is 2.15 bits per heavy atom. The van der Waals surface area contributed by atoms with Crippen LogP contribution in [0.4, 0.5) is 8.78 Å². The van der Waals surface area contributed by atoms with Crippen LogP contribution >= 0.6 is 0 Å². The maximum atomic E-state index is 12.9. The largest absolute Gasteiger partial charge is 0.463 e. The Bertz CT molecular complexity index is 597. The molecule has 20 heavy (non-hydrogen) atoms. The third-order valence-corrected chi connectivity index (χ3v) is 3.88. The summed E-state index contributed by atoms with van der Waals surface area (Å²) < 4.78 is 60.5. The van der Waals surface area contributed by atoms with Gasteiger partial charge in [0.25, 0.3) is 5.92 Å². The molecular weight excluding hydrogens is 298 g/mol. The number of furan rings is 1. The molecule has 1 aromatic heterocycles. The van der Waals surface area contributed by atoms with Crippen LogP contribution in [-0.4, -0.2) is 40.5 Å². The molecule has 0 aliphatic carbocycles. The van der Waals surface area contributed by atoms with Gasteiger partial charge in [0.15, 0.2) is 0 Å². The first-order valence-corrected chi connectivity index (χ1v) is 6.87. The minimum atomic E-state index is -4.24. The zero-order valence-electron chi connectivity index (χ0n) is 10.8. The van der Waals surface area contributed by atoms with Crippen LogP contribution in [-0.2, 0) is 14.8 Å². The summed E-state index contributed by atoms with van der Waals surface area (Å²) in [7, 11) is -3.15. The molecule has 1 rings (SSSR count). The summed E-state index contributed by atoms with van der Waals surface area (Å²) in [6.07, 6.45) is 0. The molecular formula is C10H14F2N2O5S. The van der Waals surface area contributed by atoms with Gasteiger partial charge in [0.05, 0.1) is 20.2 Å². The van der Waals surface area contributed by atoms with Gasteiger partial charge in [-0.15, -0.1) is 0 Å². The summed E-state index contributed by atoms with van der Waals surface area (Å²) in [6.45, 7) is -0.862. The maximum Gasteiger partial charge on any atom is 0.373 e. The fourth-order valence-electron chi connectivity index (χ4n) is 1.28. The van der Waals surface area contributed by atoms with Crippen molar-refractivity contribution < 1.29 is 31.1 Å². The molecule has 0 unspecified atom stereocenters. The fourth-order valence-corrected chi connectivity index (χ4v) is 2.52. The lowest BCUT2D eigenvalue weighted by molar-refractivity contribution is 0.0170. The summed E-state index contributed by atoms with van der Waals surface area (Å²) in [6, 6.07) is 0.907. The number of rotatable bonds is 6. The van der Waals surface area contributed by atoms with Gasteiger partial charge < -0.3 is 14.9 Å². The quantitative estimate of drug-likeness (QED) is 0.728. The van der Waals surface area contributed by atoms with Crippen molar-refractivity contribution in [1.82, 2.24) is 4.72 Å². The molecule has 0 radical (unpaired) electrons. The first-order valence-electron chi connectivity index (χ1n) is 5.39. The number of nitrogens with one attached hydrogen (secondary N) is 1. The minimum Gasteiger partial charge on any atom is -0.463 e. The number of halogens is 2. The van der Waals surface area contributed by atoms with Gasteiger partial charge in [-0.25, -0.2) is 26.7 Å². The Balaban J connectivity index is 2.99. The smallest absolute Gasteiger partial charge is 0.373 e. The molecule has 10 heteroatoms. The number of ether oxygens (including phenoxy) is 1. The van der Waals surface area contributed by atoms with Crippen LogP contribution < -0.4 is 10.5 Å². The highest BCUT2D eigenvalue weighted by Crippen LogP contribution is 2.21. The molecule has 0 amide bonds. The topological polar surface area (TPSA) is 112 Å². The fraction of sp³-hybridized carbons (Fsp3) is 0.500. The van der Waals surface area contributed by atoms with Crippen molar-refractivity contribution in [2.75, 3.05) is 20.2 Å². The molecule has 0 aliphatic rings. The van der Waals surface area contributed by atoms with Crippen molar-refractivity contribution >= 4 is 16.0 Å². The van der Waals surface area contributed by atoms with Gasteiger partial charge in [-0.1, -0.05) is 0 Å². The van der Waals surface area contributed by atoms with E-state index in [0.717, 1.165) is 13.2 Å². The number of nitrogens with two attached hydrogens (primary N) is 1. The van der Waals surface area contributed by atoms with E-state index in [1.165, 1.54) is 6.92 Å². The van der Waals surface area contributed by atoms with Crippen molar-refractivity contribution in [1.29, 1.82) is 0 Å². The van der Waals surface area contributed by atoms with Gasteiger partial charge in [-0.05, 0) is 6.92 Å². The van der Waals surface area contributed by atoms with Gasteiger partial charge in [-0.2, -0.15) is 0 Å². The van der Waals surface area contributed by atoms with Crippen LogP contribution in [0.25, 0.3) is 0 Å². The predicted octanol–water partition coefficient (Wildman–Crippen LogP) is 0.247. The second-order valence-corrected chi connectivity index (χ2v) is 5.64. The predicted molar refractivity (Wildman–Crippen MR) is 64.0 cm³/mol. The molecule has 3 N–H and O–H groups in total. The Kier molecular flexibility index (Phi) is 4.84. The molecule has 7 nitrogen and oxygen atoms in total. The van der Waals surface area contributed by atoms with E-state index < -0.39 is 39.9 Å². The van der Waals surface area contributed by atoms with E-state index in [4.69, 9.17) is 10.2 Å². The van der Waals surface area contributed by atoms with Crippen LogP contribution in [0.5, 0.6) is 0 Å². The molecule has 1 aromatic rings. The number of sulfonamides is 1. The molecule has 0 fully saturated rings. The molecule has 0 bridgehead atoms. The lowest BCUT2D eigenvalue weighted by atomic mass is 10.3. The Hall–Kier alpha value is -1.52. The van der Waals surface area contributed by atoms with E-state index in [1.54, 1.807) is 4.72 Å². The van der Waals surface area contributed by atoms with E-state index in [9.17, 15) is 22.0 Å². The lowest BCUT2D eigenvalue weighted by Crippen LogP contribution is -2.41. The summed E-state index contributed by atoms with van der Waals surface area (Å²) in [5.74, 6) is -4.69. The molecule has 0 spiro atoms. The number of carbonyl (C=O) groups is 1. The first kappa shape index (κ1) is 16.5. The SMILES string of the molecule is COC(=O)c1cc(S(=O)(=O)NCC(F)(F)CN)c(C)o1. The van der Waals surface area contributed by atoms with Crippen LogP contribution in [0.1, 0.15) is 16.3 Å². The Morgan fingerprint density at radius 3 is 2.65 bits per heavy atom. The third kappa shape index (κ3) is 3.74. The van der Waals surface area contributed by atoms with Crippen molar-refractivity contribution in [2.24, 2.45) is 5.73 Å². The monoisotopic (exact) mass is 312 g/mol. The number of aryl methyl sites for hydroxylation is 1. The van der Waals surface area contributed by atoms with E-state index >= 15 is 0 Å². The van der Waals surface area contributed by atoms with Gasteiger partial charge in [0.1, 0.15) is 10.7 Å². The average Bonchev–Trinajstić information content (AvgIpc) is 2.79. The summed E-state index contributed by atoms with van der Waals surface area (Å²) in [5.41, 5.74) is 4.80. The van der Waals surface area contributed by atoms with Gasteiger partial charge in [0.2, 0.25) is 15.8 Å². The molecule has 0 saturated carbocycles. The first-order chi connectivity index (χ1) is 9.13. The van der Waals surface area contributed by atoms with Gasteiger partial charge in [0, 0.05) is 6.07 Å². The third-order valence-electron chi connectivity index (χ3n) is 2.37. The van der Waals surface area contributed by atoms with Gasteiger partial charge >= 0.3 is 5.97 Å². The highest BCUT2D eigenvalue weighted by molar-refractivity contribution is 7.89. The summed E-state index contributed by atoms with van der Waals surface area (Å²) in [4.78, 5) is 10.8. The van der Waals surface area contributed by atoms with Crippen LogP contribution in [0, 0.1) is 6.92 Å². The number of alkyl halides is 2. The zero-order chi connectivity index (χ0) is 15.6. The van der Waals surface area contributed by atoms with E-state index in [0.29, 0.717) is 0 Å². The zero-order valence-corrected chi connectivity index (χ0v) is 11.6. The second-order valence-electron chi connectivity index (χ2n) is 3.91. The summed E-state index contributed by atoms with van der Waals surface area (Å²) >= 11 is 0. The van der Waals surface area contributed by atoms with Crippen molar-refractivity contribution in [3.8, 4) is 0 Å². The van der Waals surface area contributed by atoms with E-state index in [1.807, 2.05) is 0 Å². The van der Waals surface area contributed by atoms with Crippen molar-refractivity contribution in [3.05, 3.63) is 17.6 Å². The summed E-state index contributed by atoms with van der Waals surface area (Å²) in [5, 5.41) is 0. The van der Waals surface area contributed by atoms with Gasteiger partial charge in [-0.3, -0.25) is 0 Å². The Morgan fingerprint density at radius 1 is 1.55 bits per heavy atom. The molecule has 1 heterocycles. The number of carbonyl (C=O) groups excluding carboxylic acids is 1. The van der Waals surface area contributed by atoms with Crippen LogP contribution in [0.3, 0.4) is 0 Å². The van der Waals surface area contributed by atoms with Crippen molar-refractivity contribution in [2.45, 2.75) is 17.7 Å². The normalized spacial score (nSPS) is 12.4. The van der Waals surface area contributed by atoms with E-state index in [-0.39, 0.29) is 11.5 Å². The molecule has 0 aliphatic heterocycles. The number of esters is 1. The second kappa shape index (κ2) is 5.85. The molecule has 0 atom stereocenters. The highest BCUT2D eigenvalue weighted by Gasteiger charge is 2.31. The molecule has 0 aromatic carbocycles. The number of hydrogen-bond donors (Lipinski definition) is 2. The van der Waals surface area contributed by atoms with Crippen molar-refractivity contribution in [3.63, 3.8) is 0 Å².